The molecule has 18 heavy (non-hydrogen) atoms. The number of hydrogen-bond donors (Lipinski definition) is 1. The van der Waals surface area contributed by atoms with E-state index in [1.165, 1.54) is 0 Å². The standard InChI is InChI=1S/C14H14BrNO2/c1-2-8-16-12(6-7-13(16)14(17)18)10-4-3-5-11(15)9-10/h3-7,9H,2,8H2,1H3,(H,17,18). The fourth-order valence-corrected chi connectivity index (χ4v) is 2.42. The lowest BCUT2D eigenvalue weighted by Crippen LogP contribution is -2.09. The van der Waals surface area contributed by atoms with Crippen molar-refractivity contribution in [3.8, 4) is 11.3 Å². The van der Waals surface area contributed by atoms with Gasteiger partial charge in [0.1, 0.15) is 5.69 Å². The lowest BCUT2D eigenvalue weighted by molar-refractivity contribution is 0.0685. The Morgan fingerprint density at radius 3 is 2.72 bits per heavy atom. The van der Waals surface area contributed by atoms with E-state index in [1.807, 2.05) is 41.8 Å². The van der Waals surface area contributed by atoms with Crippen LogP contribution in [0.2, 0.25) is 0 Å². The van der Waals surface area contributed by atoms with Crippen molar-refractivity contribution >= 4 is 21.9 Å². The number of aromatic nitrogens is 1. The molecule has 2 rings (SSSR count). The first-order chi connectivity index (χ1) is 8.63. The summed E-state index contributed by atoms with van der Waals surface area (Å²) < 4.78 is 2.84. The minimum Gasteiger partial charge on any atom is -0.477 e. The number of carboxylic acid groups (broad SMARTS) is 1. The molecule has 0 aliphatic carbocycles. The highest BCUT2D eigenvalue weighted by Gasteiger charge is 2.14. The van der Waals surface area contributed by atoms with Gasteiger partial charge in [-0.15, -0.1) is 0 Å². The summed E-state index contributed by atoms with van der Waals surface area (Å²) in [5.41, 5.74) is 2.30. The van der Waals surface area contributed by atoms with Crippen LogP contribution in [0.3, 0.4) is 0 Å². The van der Waals surface area contributed by atoms with E-state index in [1.54, 1.807) is 6.07 Å². The third kappa shape index (κ3) is 2.48. The van der Waals surface area contributed by atoms with E-state index >= 15 is 0 Å². The van der Waals surface area contributed by atoms with Crippen molar-refractivity contribution in [3.05, 3.63) is 46.6 Å². The molecule has 1 heterocycles. The monoisotopic (exact) mass is 307 g/mol. The predicted octanol–water partition coefficient (Wildman–Crippen LogP) is 4.03. The van der Waals surface area contributed by atoms with Gasteiger partial charge in [0.2, 0.25) is 0 Å². The Labute approximate surface area is 114 Å². The van der Waals surface area contributed by atoms with Crippen molar-refractivity contribution in [1.29, 1.82) is 0 Å². The van der Waals surface area contributed by atoms with Crippen LogP contribution in [-0.2, 0) is 6.54 Å². The molecule has 0 saturated heterocycles. The van der Waals surface area contributed by atoms with E-state index in [9.17, 15) is 9.90 Å². The van der Waals surface area contributed by atoms with Crippen LogP contribution in [0.5, 0.6) is 0 Å². The first-order valence-corrected chi connectivity index (χ1v) is 6.61. The van der Waals surface area contributed by atoms with Crippen molar-refractivity contribution < 1.29 is 9.90 Å². The number of rotatable bonds is 4. The number of carbonyl (C=O) groups is 1. The van der Waals surface area contributed by atoms with Gasteiger partial charge in [0, 0.05) is 16.7 Å². The molecule has 0 fully saturated rings. The van der Waals surface area contributed by atoms with Gasteiger partial charge in [0.05, 0.1) is 0 Å². The van der Waals surface area contributed by atoms with Crippen LogP contribution in [-0.4, -0.2) is 15.6 Å². The minimum absolute atomic E-state index is 0.340. The highest BCUT2D eigenvalue weighted by molar-refractivity contribution is 9.10. The van der Waals surface area contributed by atoms with Crippen molar-refractivity contribution in [1.82, 2.24) is 4.57 Å². The van der Waals surface area contributed by atoms with Gasteiger partial charge in [0.25, 0.3) is 0 Å². The number of benzene rings is 1. The smallest absolute Gasteiger partial charge is 0.352 e. The molecule has 0 aliphatic heterocycles. The molecule has 1 aromatic heterocycles. The zero-order valence-corrected chi connectivity index (χ0v) is 11.6. The largest absolute Gasteiger partial charge is 0.477 e. The molecule has 0 bridgehead atoms. The molecule has 3 nitrogen and oxygen atoms in total. The maximum Gasteiger partial charge on any atom is 0.352 e. The van der Waals surface area contributed by atoms with Crippen LogP contribution >= 0.6 is 15.9 Å². The Morgan fingerprint density at radius 1 is 1.33 bits per heavy atom. The molecule has 0 aliphatic rings. The minimum atomic E-state index is -0.885. The molecule has 0 spiro atoms. The highest BCUT2D eigenvalue weighted by atomic mass is 79.9. The number of halogens is 1. The molecular formula is C14H14BrNO2. The molecule has 1 aromatic carbocycles. The van der Waals surface area contributed by atoms with Gasteiger partial charge in [-0.2, -0.15) is 0 Å². The van der Waals surface area contributed by atoms with Crippen LogP contribution < -0.4 is 0 Å². The molecule has 2 aromatic rings. The number of hydrogen-bond acceptors (Lipinski definition) is 1. The third-order valence-corrected chi connectivity index (χ3v) is 3.26. The average molecular weight is 308 g/mol. The van der Waals surface area contributed by atoms with E-state index in [-0.39, 0.29) is 0 Å². The highest BCUT2D eigenvalue weighted by Crippen LogP contribution is 2.25. The molecular weight excluding hydrogens is 294 g/mol. The van der Waals surface area contributed by atoms with E-state index in [4.69, 9.17) is 0 Å². The molecule has 94 valence electrons. The fourth-order valence-electron chi connectivity index (χ4n) is 2.02. The third-order valence-electron chi connectivity index (χ3n) is 2.77. The van der Waals surface area contributed by atoms with Crippen LogP contribution in [0.15, 0.2) is 40.9 Å². The molecule has 0 atom stereocenters. The van der Waals surface area contributed by atoms with Crippen LogP contribution in [0.25, 0.3) is 11.3 Å². The molecule has 0 radical (unpaired) electrons. The first-order valence-electron chi connectivity index (χ1n) is 5.82. The molecule has 4 heteroatoms. The molecule has 0 saturated carbocycles. The quantitative estimate of drug-likeness (QED) is 0.926. The van der Waals surface area contributed by atoms with Gasteiger partial charge in [-0.25, -0.2) is 4.79 Å². The van der Waals surface area contributed by atoms with Gasteiger partial charge in [-0.05, 0) is 36.2 Å². The second-order valence-corrected chi connectivity index (χ2v) is 4.99. The molecule has 0 unspecified atom stereocenters. The lowest BCUT2D eigenvalue weighted by atomic mass is 10.1. The average Bonchev–Trinajstić information content (AvgIpc) is 2.73. The van der Waals surface area contributed by atoms with Gasteiger partial charge in [-0.3, -0.25) is 0 Å². The fraction of sp³-hybridized carbons (Fsp3) is 0.214. The summed E-state index contributed by atoms with van der Waals surface area (Å²) in [6.45, 7) is 2.74. The van der Waals surface area contributed by atoms with E-state index in [0.717, 1.165) is 22.2 Å². The Morgan fingerprint density at radius 2 is 2.11 bits per heavy atom. The van der Waals surface area contributed by atoms with Crippen LogP contribution in [0, 0.1) is 0 Å². The SMILES string of the molecule is CCCn1c(C(=O)O)ccc1-c1cccc(Br)c1. The summed E-state index contributed by atoms with van der Waals surface area (Å²) in [5, 5.41) is 9.18. The Bertz CT molecular complexity index is 575. The first kappa shape index (κ1) is 12.9. The number of nitrogens with zero attached hydrogens (tertiary/aromatic N) is 1. The molecule has 0 amide bonds. The maximum absolute atomic E-state index is 11.2. The van der Waals surface area contributed by atoms with E-state index in [2.05, 4.69) is 15.9 Å². The number of carboxylic acids is 1. The van der Waals surface area contributed by atoms with Crippen LogP contribution in [0.4, 0.5) is 0 Å². The van der Waals surface area contributed by atoms with E-state index < -0.39 is 5.97 Å². The van der Waals surface area contributed by atoms with Crippen molar-refractivity contribution in [2.45, 2.75) is 19.9 Å². The second-order valence-electron chi connectivity index (χ2n) is 4.07. The van der Waals surface area contributed by atoms with Crippen molar-refractivity contribution in [2.75, 3.05) is 0 Å². The predicted molar refractivity (Wildman–Crippen MR) is 74.8 cm³/mol. The number of aromatic carboxylic acids is 1. The topological polar surface area (TPSA) is 42.2 Å². The van der Waals surface area contributed by atoms with E-state index in [0.29, 0.717) is 12.2 Å². The maximum atomic E-state index is 11.2. The summed E-state index contributed by atoms with van der Waals surface area (Å²) >= 11 is 3.43. The van der Waals surface area contributed by atoms with Crippen molar-refractivity contribution in [3.63, 3.8) is 0 Å². The summed E-state index contributed by atoms with van der Waals surface area (Å²) in [6.07, 6.45) is 0.899. The zero-order chi connectivity index (χ0) is 13.1. The Kier molecular flexibility index (Phi) is 3.87. The van der Waals surface area contributed by atoms with Crippen LogP contribution in [0.1, 0.15) is 23.8 Å². The summed E-state index contributed by atoms with van der Waals surface area (Å²) in [6, 6.07) is 11.4. The summed E-state index contributed by atoms with van der Waals surface area (Å²) in [4.78, 5) is 11.2. The van der Waals surface area contributed by atoms with Gasteiger partial charge in [-0.1, -0.05) is 35.0 Å². The second kappa shape index (κ2) is 5.40. The molecule has 1 N–H and O–H groups in total. The van der Waals surface area contributed by atoms with Gasteiger partial charge >= 0.3 is 5.97 Å². The summed E-state index contributed by atoms with van der Waals surface area (Å²) in [7, 11) is 0. The summed E-state index contributed by atoms with van der Waals surface area (Å²) in [5.74, 6) is -0.885. The van der Waals surface area contributed by atoms with Gasteiger partial charge in [0.15, 0.2) is 0 Å². The lowest BCUT2D eigenvalue weighted by Gasteiger charge is -2.10. The Hall–Kier alpha value is -1.55. The Balaban J connectivity index is 2.54. The van der Waals surface area contributed by atoms with Crippen molar-refractivity contribution in [2.24, 2.45) is 0 Å². The normalized spacial score (nSPS) is 10.6. The zero-order valence-electron chi connectivity index (χ0n) is 10.1. The van der Waals surface area contributed by atoms with Gasteiger partial charge < -0.3 is 9.67 Å².